The maximum absolute atomic E-state index is 12.9. The second-order valence-electron chi connectivity index (χ2n) is 3.91. The molecule has 0 amide bonds. The maximum Gasteiger partial charge on any atom is 0.484 e. The third-order valence-corrected chi connectivity index (χ3v) is 3.15. The molecule has 0 aliphatic rings. The van der Waals surface area contributed by atoms with Gasteiger partial charge < -0.3 is 0 Å². The van der Waals surface area contributed by atoms with E-state index in [0.29, 0.717) is 0 Å². The van der Waals surface area contributed by atoms with Crippen LogP contribution < -0.4 is 0 Å². The highest BCUT2D eigenvalue weighted by atomic mass is 31.2. The molecule has 0 heterocycles. The number of phosphoric acid groups is 1. The van der Waals surface area contributed by atoms with Gasteiger partial charge in [-0.05, 0) is 6.92 Å². The van der Waals surface area contributed by atoms with Gasteiger partial charge in [0.25, 0.3) is 0 Å². The highest BCUT2D eigenvalue weighted by molar-refractivity contribution is 7.48. The molecule has 0 aromatic rings. The van der Waals surface area contributed by atoms with Crippen LogP contribution in [0.25, 0.3) is 0 Å². The normalized spacial score (nSPS) is 15.1. The molecule has 0 rings (SSSR count). The summed E-state index contributed by atoms with van der Waals surface area (Å²) < 4.78 is 144. The van der Waals surface area contributed by atoms with Gasteiger partial charge in [-0.2, -0.15) is 43.9 Å². The quantitative estimate of drug-likeness (QED) is 0.419. The number of alkyl halides is 10. The first kappa shape index (κ1) is 22.4. The van der Waals surface area contributed by atoms with Gasteiger partial charge in [0.2, 0.25) is 0 Å². The van der Waals surface area contributed by atoms with Crippen LogP contribution in [0.2, 0.25) is 0 Å². The highest BCUT2D eigenvalue weighted by Crippen LogP contribution is 2.59. The standard InChI is InChI=1S/C8H9F10O4P/c1-2-20-23(19,21-7(15,16)3-5(9,10)11)22-8(17,18)4-6(12,13)14/h2-4H2,1H3. The summed E-state index contributed by atoms with van der Waals surface area (Å²) in [6.07, 6.45) is -27.9. The number of hydrogen-bond donors (Lipinski definition) is 0. The monoisotopic (exact) mass is 390 g/mol. The average Bonchev–Trinajstić information content (AvgIpc) is 2.03. The van der Waals surface area contributed by atoms with E-state index in [1.54, 1.807) is 0 Å². The Morgan fingerprint density at radius 1 is 0.739 bits per heavy atom. The number of rotatable bonds is 8. The van der Waals surface area contributed by atoms with E-state index in [-0.39, 0.29) is 0 Å². The van der Waals surface area contributed by atoms with Gasteiger partial charge in [0, 0.05) is 0 Å². The first-order valence-electron chi connectivity index (χ1n) is 5.44. The lowest BCUT2D eigenvalue weighted by atomic mass is 10.4. The predicted molar refractivity (Wildman–Crippen MR) is 52.6 cm³/mol. The number of halogens is 10. The summed E-state index contributed by atoms with van der Waals surface area (Å²) in [4.78, 5) is 0. The summed E-state index contributed by atoms with van der Waals surface area (Å²) in [7, 11) is -6.13. The van der Waals surface area contributed by atoms with Gasteiger partial charge in [-0.25, -0.2) is 13.6 Å². The van der Waals surface area contributed by atoms with Crippen molar-refractivity contribution in [2.24, 2.45) is 0 Å². The second kappa shape index (κ2) is 7.11. The molecule has 0 saturated heterocycles. The molecule has 4 nitrogen and oxygen atoms in total. The summed E-state index contributed by atoms with van der Waals surface area (Å²) >= 11 is 0. The Hall–Kier alpha value is -0.590. The minimum Gasteiger partial charge on any atom is -0.287 e. The molecule has 0 radical (unpaired) electrons. The fourth-order valence-electron chi connectivity index (χ4n) is 1.09. The van der Waals surface area contributed by atoms with Crippen molar-refractivity contribution < 1.29 is 62.0 Å². The zero-order chi connectivity index (χ0) is 18.7. The Morgan fingerprint density at radius 3 is 1.26 bits per heavy atom. The van der Waals surface area contributed by atoms with E-state index in [1.807, 2.05) is 0 Å². The van der Waals surface area contributed by atoms with Crippen LogP contribution >= 0.6 is 7.82 Å². The van der Waals surface area contributed by atoms with Gasteiger partial charge in [-0.1, -0.05) is 0 Å². The lowest BCUT2D eigenvalue weighted by Gasteiger charge is -2.26. The molecule has 0 saturated carbocycles. The Kier molecular flexibility index (Phi) is 6.93. The van der Waals surface area contributed by atoms with E-state index in [0.717, 1.165) is 6.92 Å². The van der Waals surface area contributed by atoms with Gasteiger partial charge in [0.15, 0.2) is 0 Å². The Morgan fingerprint density at radius 2 is 1.04 bits per heavy atom. The molecule has 0 bridgehead atoms. The molecular formula is C8H9F10O4P. The van der Waals surface area contributed by atoms with E-state index < -0.39 is 51.8 Å². The zero-order valence-corrected chi connectivity index (χ0v) is 11.9. The largest absolute Gasteiger partial charge is 0.484 e. The average molecular weight is 390 g/mol. The second-order valence-corrected chi connectivity index (χ2v) is 5.42. The van der Waals surface area contributed by atoms with Gasteiger partial charge >= 0.3 is 32.4 Å². The van der Waals surface area contributed by atoms with Crippen LogP contribution in [0.3, 0.4) is 0 Å². The first-order valence-corrected chi connectivity index (χ1v) is 6.90. The first-order chi connectivity index (χ1) is 9.89. The fraction of sp³-hybridized carbons (Fsp3) is 1.00. The maximum atomic E-state index is 12.9. The minimum absolute atomic E-state index is 0.864. The van der Waals surface area contributed by atoms with E-state index in [1.165, 1.54) is 0 Å². The van der Waals surface area contributed by atoms with E-state index >= 15 is 0 Å². The smallest absolute Gasteiger partial charge is 0.287 e. The van der Waals surface area contributed by atoms with Gasteiger partial charge in [-0.3, -0.25) is 4.52 Å². The lowest BCUT2D eigenvalue weighted by molar-refractivity contribution is -0.284. The third-order valence-electron chi connectivity index (χ3n) is 1.59. The number of hydrogen-bond acceptors (Lipinski definition) is 4. The molecule has 15 heteroatoms. The molecule has 140 valence electrons. The van der Waals surface area contributed by atoms with Crippen LogP contribution in [0.15, 0.2) is 0 Å². The van der Waals surface area contributed by atoms with Crippen LogP contribution in [0, 0.1) is 0 Å². The minimum atomic E-state index is -6.13. The number of phosphoric ester groups is 1. The SMILES string of the molecule is CCOP(=O)(OC(F)(F)CC(F)(F)F)OC(F)(F)CC(F)(F)F. The van der Waals surface area contributed by atoms with Crippen LogP contribution in [-0.2, 0) is 18.1 Å². The molecule has 0 aliphatic carbocycles. The van der Waals surface area contributed by atoms with Crippen LogP contribution in [0.1, 0.15) is 19.8 Å². The summed E-state index contributed by atoms with van der Waals surface area (Å²) in [5.74, 6) is 0. The Balaban J connectivity index is 5.23. The van der Waals surface area contributed by atoms with Crippen LogP contribution in [0.4, 0.5) is 43.9 Å². The van der Waals surface area contributed by atoms with Crippen LogP contribution in [-0.4, -0.2) is 31.2 Å². The molecule has 0 aromatic heterocycles. The molecule has 0 N–H and O–H groups in total. The summed E-state index contributed by atoms with van der Waals surface area (Å²) in [5.41, 5.74) is 0. The van der Waals surface area contributed by atoms with Crippen molar-refractivity contribution in [1.29, 1.82) is 0 Å². The van der Waals surface area contributed by atoms with Gasteiger partial charge in [0.1, 0.15) is 12.8 Å². The lowest BCUT2D eigenvalue weighted by Crippen LogP contribution is -2.32. The Labute approximate surface area is 122 Å². The van der Waals surface area contributed by atoms with Crippen molar-refractivity contribution in [2.45, 2.75) is 44.3 Å². The van der Waals surface area contributed by atoms with Crippen molar-refractivity contribution in [3.05, 3.63) is 0 Å². The molecule has 0 aromatic carbocycles. The highest BCUT2D eigenvalue weighted by Gasteiger charge is 2.55. The molecule has 23 heavy (non-hydrogen) atoms. The Bertz CT molecular complexity index is 398. The van der Waals surface area contributed by atoms with E-state index in [2.05, 4.69) is 13.6 Å². The summed E-state index contributed by atoms with van der Waals surface area (Å²) in [6, 6.07) is 0. The molecular weight excluding hydrogens is 381 g/mol. The summed E-state index contributed by atoms with van der Waals surface area (Å²) in [5, 5.41) is 0. The summed E-state index contributed by atoms with van der Waals surface area (Å²) in [6.45, 7) is -0.0787. The van der Waals surface area contributed by atoms with Gasteiger partial charge in [0.05, 0.1) is 6.61 Å². The van der Waals surface area contributed by atoms with Crippen molar-refractivity contribution in [2.75, 3.05) is 6.61 Å². The topological polar surface area (TPSA) is 44.8 Å². The van der Waals surface area contributed by atoms with Crippen molar-refractivity contribution in [1.82, 2.24) is 0 Å². The molecule has 0 spiro atoms. The van der Waals surface area contributed by atoms with Crippen molar-refractivity contribution in [3.8, 4) is 0 Å². The van der Waals surface area contributed by atoms with Gasteiger partial charge in [-0.15, -0.1) is 0 Å². The van der Waals surface area contributed by atoms with Crippen LogP contribution in [0.5, 0.6) is 0 Å². The van der Waals surface area contributed by atoms with E-state index in [4.69, 9.17) is 0 Å². The third kappa shape index (κ3) is 10.7. The van der Waals surface area contributed by atoms with Crippen molar-refractivity contribution >= 4 is 7.82 Å². The van der Waals surface area contributed by atoms with E-state index in [9.17, 15) is 48.5 Å². The van der Waals surface area contributed by atoms with Crippen molar-refractivity contribution in [3.63, 3.8) is 0 Å². The fourth-order valence-corrected chi connectivity index (χ4v) is 2.33. The predicted octanol–water partition coefficient (Wildman–Crippen LogP) is 5.25. The molecule has 0 aliphatic heterocycles. The molecule has 0 unspecified atom stereocenters. The molecule has 0 atom stereocenters. The molecule has 0 fully saturated rings. The zero-order valence-electron chi connectivity index (χ0n) is 11.0.